The molecule has 5 rings (SSSR count). The number of nitrogens with zero attached hydrogens (tertiary/aromatic N) is 4. The van der Waals surface area contributed by atoms with E-state index in [1.807, 2.05) is 48.5 Å². The van der Waals surface area contributed by atoms with Crippen molar-refractivity contribution < 1.29 is 14.3 Å². The van der Waals surface area contributed by atoms with Crippen LogP contribution in [0.3, 0.4) is 0 Å². The maximum atomic E-state index is 11.1. The molecule has 0 saturated heterocycles. The Bertz CT molecular complexity index is 1270. The number of fused-ring (bicyclic) bond motifs is 1. The molecule has 9 nitrogen and oxygen atoms in total. The van der Waals surface area contributed by atoms with Gasteiger partial charge in [0.2, 0.25) is 5.95 Å². The first-order valence-corrected chi connectivity index (χ1v) is 11.0. The molecule has 2 aromatic heterocycles. The van der Waals surface area contributed by atoms with Crippen molar-refractivity contribution in [2.45, 2.75) is 19.6 Å². The molecule has 4 aromatic rings. The molecule has 0 amide bonds. The Morgan fingerprint density at radius 2 is 1.97 bits per heavy atom. The SMILES string of the molecule is O=CCN1CCc2nc(Nc3ccc(-c4cnco4)cc3)nc(Nc3cccc(CO)c3)c2C1. The highest BCUT2D eigenvalue weighted by molar-refractivity contribution is 5.66. The summed E-state index contributed by atoms with van der Waals surface area (Å²) in [5.74, 6) is 1.86. The summed E-state index contributed by atoms with van der Waals surface area (Å²) in [6.45, 7) is 1.67. The second-order valence-corrected chi connectivity index (χ2v) is 8.02. The maximum absolute atomic E-state index is 11.1. The Morgan fingerprint density at radius 3 is 2.74 bits per heavy atom. The molecule has 1 aliphatic rings. The number of hydrogen-bond acceptors (Lipinski definition) is 9. The normalized spacial score (nSPS) is 13.3. The summed E-state index contributed by atoms with van der Waals surface area (Å²) in [6.07, 6.45) is 4.72. The Balaban J connectivity index is 1.44. The molecule has 2 aromatic carbocycles. The van der Waals surface area contributed by atoms with Crippen molar-refractivity contribution in [3.8, 4) is 11.3 Å². The van der Waals surface area contributed by atoms with Crippen LogP contribution in [0, 0.1) is 0 Å². The summed E-state index contributed by atoms with van der Waals surface area (Å²) in [4.78, 5) is 26.6. The average Bonchev–Trinajstić information content (AvgIpc) is 3.40. The Labute approximate surface area is 196 Å². The van der Waals surface area contributed by atoms with E-state index >= 15 is 0 Å². The number of hydrogen-bond donors (Lipinski definition) is 3. The first-order chi connectivity index (χ1) is 16.7. The molecule has 3 N–H and O–H groups in total. The van der Waals surface area contributed by atoms with E-state index in [1.165, 1.54) is 6.39 Å². The van der Waals surface area contributed by atoms with Gasteiger partial charge in [-0.25, -0.2) is 9.97 Å². The molecule has 0 spiro atoms. The molecule has 1 aliphatic heterocycles. The van der Waals surface area contributed by atoms with Gasteiger partial charge in [-0.05, 0) is 42.0 Å². The highest BCUT2D eigenvalue weighted by atomic mass is 16.3. The topological polar surface area (TPSA) is 116 Å². The fourth-order valence-corrected chi connectivity index (χ4v) is 3.98. The van der Waals surface area contributed by atoms with Gasteiger partial charge >= 0.3 is 0 Å². The molecule has 172 valence electrons. The minimum atomic E-state index is -0.0403. The molecule has 34 heavy (non-hydrogen) atoms. The number of carbonyl (C=O) groups excluding carboxylic acids is 1. The van der Waals surface area contributed by atoms with Crippen LogP contribution >= 0.6 is 0 Å². The number of carbonyl (C=O) groups is 1. The van der Waals surface area contributed by atoms with E-state index in [0.29, 0.717) is 30.6 Å². The lowest BCUT2D eigenvalue weighted by molar-refractivity contribution is -0.109. The number of benzene rings is 2. The van der Waals surface area contributed by atoms with Crippen LogP contribution < -0.4 is 10.6 Å². The lowest BCUT2D eigenvalue weighted by atomic mass is 10.1. The lowest BCUT2D eigenvalue weighted by Gasteiger charge is -2.28. The van der Waals surface area contributed by atoms with Crippen molar-refractivity contribution >= 4 is 29.4 Å². The number of aromatic nitrogens is 3. The molecular weight excluding hydrogens is 432 g/mol. The minimum absolute atomic E-state index is 0.0403. The van der Waals surface area contributed by atoms with E-state index in [4.69, 9.17) is 14.4 Å². The van der Waals surface area contributed by atoms with Crippen LogP contribution in [0.25, 0.3) is 11.3 Å². The molecule has 9 heteroatoms. The van der Waals surface area contributed by atoms with Crippen molar-refractivity contribution in [1.82, 2.24) is 19.9 Å². The second-order valence-electron chi connectivity index (χ2n) is 8.02. The third kappa shape index (κ3) is 4.80. The predicted molar refractivity (Wildman–Crippen MR) is 128 cm³/mol. The van der Waals surface area contributed by atoms with E-state index in [-0.39, 0.29) is 6.61 Å². The monoisotopic (exact) mass is 456 g/mol. The second kappa shape index (κ2) is 9.82. The molecule has 3 heterocycles. The van der Waals surface area contributed by atoms with Crippen LogP contribution in [-0.2, 0) is 24.4 Å². The van der Waals surface area contributed by atoms with E-state index < -0.39 is 0 Å². The molecule has 0 radical (unpaired) electrons. The van der Waals surface area contributed by atoms with Gasteiger partial charge in [-0.3, -0.25) is 4.90 Å². The molecular formula is C25H24N6O3. The van der Waals surface area contributed by atoms with Gasteiger partial charge in [-0.2, -0.15) is 4.98 Å². The number of aliphatic hydroxyl groups excluding tert-OH is 1. The molecule has 0 aliphatic carbocycles. The first-order valence-electron chi connectivity index (χ1n) is 11.0. The van der Waals surface area contributed by atoms with Crippen molar-refractivity contribution in [3.05, 3.63) is 77.9 Å². The van der Waals surface area contributed by atoms with Gasteiger partial charge in [0.15, 0.2) is 12.2 Å². The number of anilines is 4. The van der Waals surface area contributed by atoms with E-state index in [2.05, 4.69) is 20.5 Å². The lowest BCUT2D eigenvalue weighted by Crippen LogP contribution is -2.33. The summed E-state index contributed by atoms with van der Waals surface area (Å²) in [7, 11) is 0. The van der Waals surface area contributed by atoms with Crippen LogP contribution in [0.4, 0.5) is 23.1 Å². The zero-order valence-corrected chi connectivity index (χ0v) is 18.4. The zero-order valence-electron chi connectivity index (χ0n) is 18.4. The van der Waals surface area contributed by atoms with Crippen molar-refractivity contribution in [1.29, 1.82) is 0 Å². The number of aliphatic hydroxyl groups is 1. The molecule has 0 fully saturated rings. The largest absolute Gasteiger partial charge is 0.444 e. The van der Waals surface area contributed by atoms with Crippen molar-refractivity contribution in [2.24, 2.45) is 0 Å². The molecule has 0 atom stereocenters. The molecule has 0 unspecified atom stereocenters. The van der Waals surface area contributed by atoms with Crippen molar-refractivity contribution in [2.75, 3.05) is 23.7 Å². The van der Waals surface area contributed by atoms with Gasteiger partial charge in [0, 0.05) is 42.0 Å². The molecule has 0 bridgehead atoms. The summed E-state index contributed by atoms with van der Waals surface area (Å²) in [5.41, 5.74) is 5.31. The minimum Gasteiger partial charge on any atom is -0.444 e. The van der Waals surface area contributed by atoms with Gasteiger partial charge < -0.3 is 25.0 Å². The van der Waals surface area contributed by atoms with Crippen LogP contribution in [0.2, 0.25) is 0 Å². The van der Waals surface area contributed by atoms with Crippen LogP contribution in [0.5, 0.6) is 0 Å². The van der Waals surface area contributed by atoms with Gasteiger partial charge in [0.05, 0.1) is 25.0 Å². The maximum Gasteiger partial charge on any atom is 0.229 e. The smallest absolute Gasteiger partial charge is 0.229 e. The van der Waals surface area contributed by atoms with Crippen molar-refractivity contribution in [3.63, 3.8) is 0 Å². The number of nitrogens with one attached hydrogen (secondary N) is 2. The van der Waals surface area contributed by atoms with E-state index in [1.54, 1.807) is 6.20 Å². The summed E-state index contributed by atoms with van der Waals surface area (Å²) < 4.78 is 5.35. The van der Waals surface area contributed by atoms with Crippen LogP contribution in [-0.4, -0.2) is 44.3 Å². The van der Waals surface area contributed by atoms with Gasteiger partial charge in [0.1, 0.15) is 12.1 Å². The molecule has 0 saturated carbocycles. The third-order valence-electron chi connectivity index (χ3n) is 5.70. The fraction of sp³-hybridized carbons (Fsp3) is 0.200. The summed E-state index contributed by atoms with van der Waals surface area (Å²) >= 11 is 0. The highest BCUT2D eigenvalue weighted by Gasteiger charge is 2.22. The predicted octanol–water partition coefficient (Wildman–Crippen LogP) is 3.67. The van der Waals surface area contributed by atoms with E-state index in [9.17, 15) is 9.90 Å². The van der Waals surface area contributed by atoms with Crippen LogP contribution in [0.1, 0.15) is 16.8 Å². The number of oxazole rings is 1. The number of rotatable bonds is 8. The standard InChI is InChI=1S/C25H24N6O3/c32-11-10-31-9-8-22-21(14-31)24(27-20-3-1-2-17(12-20)15-33)30-25(29-22)28-19-6-4-18(5-7-19)23-13-26-16-34-23/h1-7,11-13,16,33H,8-10,14-15H2,(H2,27,28,29,30). The average molecular weight is 457 g/mol. The van der Waals surface area contributed by atoms with Gasteiger partial charge in [-0.1, -0.05) is 12.1 Å². The Kier molecular flexibility index (Phi) is 6.28. The summed E-state index contributed by atoms with van der Waals surface area (Å²) in [5, 5.41) is 16.2. The van der Waals surface area contributed by atoms with Gasteiger partial charge in [0.25, 0.3) is 0 Å². The summed E-state index contributed by atoms with van der Waals surface area (Å²) in [6, 6.07) is 15.3. The first kappa shape index (κ1) is 21.7. The highest BCUT2D eigenvalue weighted by Crippen LogP contribution is 2.29. The van der Waals surface area contributed by atoms with E-state index in [0.717, 1.165) is 53.0 Å². The quantitative estimate of drug-likeness (QED) is 0.341. The Morgan fingerprint density at radius 1 is 1.09 bits per heavy atom. The zero-order chi connectivity index (χ0) is 23.3. The third-order valence-corrected chi connectivity index (χ3v) is 5.70. The fourth-order valence-electron chi connectivity index (χ4n) is 3.98. The Hall–Kier alpha value is -4.08. The van der Waals surface area contributed by atoms with Crippen LogP contribution in [0.15, 0.2) is 65.5 Å². The van der Waals surface area contributed by atoms with Gasteiger partial charge in [-0.15, -0.1) is 0 Å². The number of aldehydes is 1.